The number of halogens is 2. The monoisotopic (exact) mass is 418 g/mol. The minimum Gasteiger partial charge on any atom is -0.465 e. The Labute approximate surface area is 173 Å². The van der Waals surface area contributed by atoms with Gasteiger partial charge in [0.15, 0.2) is 0 Å². The van der Waals surface area contributed by atoms with Crippen LogP contribution in [0.3, 0.4) is 0 Å². The fourth-order valence-electron chi connectivity index (χ4n) is 2.94. The van der Waals surface area contributed by atoms with Crippen molar-refractivity contribution in [2.75, 3.05) is 12.4 Å². The smallest absolute Gasteiger partial charge is 0.338 e. The first kappa shape index (κ1) is 23.0. The van der Waals surface area contributed by atoms with Gasteiger partial charge in [0.1, 0.15) is 23.2 Å². The summed E-state index contributed by atoms with van der Waals surface area (Å²) in [7, 11) is 1.26. The summed E-state index contributed by atoms with van der Waals surface area (Å²) >= 11 is 0. The first-order valence-corrected chi connectivity index (χ1v) is 9.32. The largest absolute Gasteiger partial charge is 0.465 e. The molecule has 2 N–H and O–H groups in total. The minimum absolute atomic E-state index is 0.298. The van der Waals surface area contributed by atoms with Gasteiger partial charge >= 0.3 is 5.97 Å². The van der Waals surface area contributed by atoms with Gasteiger partial charge in [-0.25, -0.2) is 13.6 Å². The van der Waals surface area contributed by atoms with Crippen LogP contribution in [0.5, 0.6) is 0 Å². The lowest BCUT2D eigenvalue weighted by Crippen LogP contribution is -2.47. The van der Waals surface area contributed by atoms with Crippen LogP contribution in [0.15, 0.2) is 30.3 Å². The van der Waals surface area contributed by atoms with Crippen molar-refractivity contribution in [2.45, 2.75) is 33.7 Å². The lowest BCUT2D eigenvalue weighted by molar-refractivity contribution is -0.118. The van der Waals surface area contributed by atoms with Crippen molar-refractivity contribution < 1.29 is 27.9 Å². The SMILES string of the molecule is COC(=O)c1cc(NC(=O)[C@@H](NC(=O)c2c(F)cccc2F)C(C)C)cc(C)c1C. The Morgan fingerprint density at radius 1 is 1.03 bits per heavy atom. The Hall–Kier alpha value is -3.29. The molecular weight excluding hydrogens is 394 g/mol. The van der Waals surface area contributed by atoms with E-state index < -0.39 is 41.0 Å². The van der Waals surface area contributed by atoms with E-state index in [1.165, 1.54) is 13.2 Å². The van der Waals surface area contributed by atoms with Gasteiger partial charge in [0, 0.05) is 5.69 Å². The molecule has 8 heteroatoms. The second-order valence-corrected chi connectivity index (χ2v) is 7.24. The van der Waals surface area contributed by atoms with Gasteiger partial charge in [-0.2, -0.15) is 0 Å². The molecule has 30 heavy (non-hydrogen) atoms. The summed E-state index contributed by atoms with van der Waals surface area (Å²) in [5, 5.41) is 5.03. The number of nitrogens with one attached hydrogen (secondary N) is 2. The zero-order valence-corrected chi connectivity index (χ0v) is 17.4. The van der Waals surface area contributed by atoms with Crippen LogP contribution >= 0.6 is 0 Å². The second kappa shape index (κ2) is 9.47. The first-order chi connectivity index (χ1) is 14.1. The van der Waals surface area contributed by atoms with E-state index in [2.05, 4.69) is 10.6 Å². The molecule has 0 unspecified atom stereocenters. The van der Waals surface area contributed by atoms with E-state index in [0.717, 1.165) is 23.8 Å². The molecule has 0 spiro atoms. The molecule has 0 aromatic heterocycles. The maximum atomic E-state index is 13.9. The Morgan fingerprint density at radius 3 is 2.17 bits per heavy atom. The molecule has 6 nitrogen and oxygen atoms in total. The molecule has 0 aliphatic rings. The van der Waals surface area contributed by atoms with Crippen molar-refractivity contribution in [1.82, 2.24) is 5.32 Å². The van der Waals surface area contributed by atoms with Gasteiger partial charge in [0.05, 0.1) is 12.7 Å². The van der Waals surface area contributed by atoms with Gasteiger partial charge in [-0.3, -0.25) is 9.59 Å². The molecule has 0 fully saturated rings. The summed E-state index contributed by atoms with van der Waals surface area (Å²) in [6.07, 6.45) is 0. The second-order valence-electron chi connectivity index (χ2n) is 7.24. The molecule has 0 heterocycles. The van der Waals surface area contributed by atoms with Crippen LogP contribution in [-0.4, -0.2) is 30.9 Å². The fourth-order valence-corrected chi connectivity index (χ4v) is 2.94. The summed E-state index contributed by atoms with van der Waals surface area (Å²) in [5.41, 5.74) is 1.34. The Bertz CT molecular complexity index is 969. The van der Waals surface area contributed by atoms with Gasteiger partial charge in [0.25, 0.3) is 5.91 Å². The van der Waals surface area contributed by atoms with Crippen LogP contribution in [0.4, 0.5) is 14.5 Å². The average Bonchev–Trinajstić information content (AvgIpc) is 2.67. The number of hydrogen-bond donors (Lipinski definition) is 2. The van der Waals surface area contributed by atoms with Crippen molar-refractivity contribution in [2.24, 2.45) is 5.92 Å². The van der Waals surface area contributed by atoms with E-state index in [0.29, 0.717) is 16.8 Å². The molecule has 160 valence electrons. The first-order valence-electron chi connectivity index (χ1n) is 9.32. The highest BCUT2D eigenvalue weighted by atomic mass is 19.1. The third-order valence-electron chi connectivity index (χ3n) is 4.77. The van der Waals surface area contributed by atoms with E-state index in [-0.39, 0.29) is 5.92 Å². The van der Waals surface area contributed by atoms with Crippen molar-refractivity contribution >= 4 is 23.5 Å². The van der Waals surface area contributed by atoms with E-state index in [1.54, 1.807) is 33.8 Å². The highest BCUT2D eigenvalue weighted by Crippen LogP contribution is 2.22. The normalized spacial score (nSPS) is 11.7. The molecule has 0 radical (unpaired) electrons. The lowest BCUT2D eigenvalue weighted by Gasteiger charge is -2.22. The van der Waals surface area contributed by atoms with Crippen LogP contribution in [0.25, 0.3) is 0 Å². The van der Waals surface area contributed by atoms with E-state index in [1.807, 2.05) is 0 Å². The number of amides is 2. The standard InChI is InChI=1S/C22H24F2N2O4/c1-11(2)19(26-20(27)18-16(23)7-6-8-17(18)24)21(28)25-14-9-12(3)13(4)15(10-14)22(29)30-5/h6-11,19H,1-5H3,(H,25,28)(H,26,27)/t19-/m0/s1. The van der Waals surface area contributed by atoms with Crippen molar-refractivity contribution in [3.8, 4) is 0 Å². The molecule has 2 amide bonds. The number of benzene rings is 2. The van der Waals surface area contributed by atoms with Crippen LogP contribution in [0, 0.1) is 31.4 Å². The van der Waals surface area contributed by atoms with E-state index >= 15 is 0 Å². The molecule has 0 saturated carbocycles. The number of carbonyl (C=O) groups excluding carboxylic acids is 3. The fraction of sp³-hybridized carbons (Fsp3) is 0.318. The summed E-state index contributed by atoms with van der Waals surface area (Å²) in [6.45, 7) is 6.90. The summed E-state index contributed by atoms with van der Waals surface area (Å²) in [6, 6.07) is 5.15. The predicted molar refractivity (Wildman–Crippen MR) is 108 cm³/mol. The van der Waals surface area contributed by atoms with Gasteiger partial charge in [-0.15, -0.1) is 0 Å². The number of methoxy groups -OCH3 is 1. The Kier molecular flexibility index (Phi) is 7.26. The lowest BCUT2D eigenvalue weighted by atomic mass is 10.0. The van der Waals surface area contributed by atoms with Gasteiger partial charge < -0.3 is 15.4 Å². The molecular formula is C22H24F2N2O4. The zero-order valence-electron chi connectivity index (χ0n) is 17.4. The number of anilines is 1. The highest BCUT2D eigenvalue weighted by molar-refractivity contribution is 6.02. The molecule has 0 aliphatic carbocycles. The summed E-state index contributed by atoms with van der Waals surface area (Å²) < 4.78 is 32.5. The number of rotatable bonds is 6. The third-order valence-corrected chi connectivity index (χ3v) is 4.77. The number of hydrogen-bond acceptors (Lipinski definition) is 4. The maximum absolute atomic E-state index is 13.9. The summed E-state index contributed by atoms with van der Waals surface area (Å²) in [5.74, 6) is -4.59. The Balaban J connectivity index is 2.28. The highest BCUT2D eigenvalue weighted by Gasteiger charge is 2.27. The molecule has 0 bridgehead atoms. The topological polar surface area (TPSA) is 84.5 Å². The van der Waals surface area contributed by atoms with Crippen LogP contribution < -0.4 is 10.6 Å². The molecule has 2 aromatic rings. The predicted octanol–water partition coefficient (Wildman–Crippen LogP) is 3.76. The van der Waals surface area contributed by atoms with E-state index in [4.69, 9.17) is 4.74 Å². The average molecular weight is 418 g/mol. The number of carbonyl (C=O) groups is 3. The maximum Gasteiger partial charge on any atom is 0.338 e. The van der Waals surface area contributed by atoms with Gasteiger partial charge in [-0.05, 0) is 55.2 Å². The van der Waals surface area contributed by atoms with Gasteiger partial charge in [-0.1, -0.05) is 19.9 Å². The van der Waals surface area contributed by atoms with Crippen molar-refractivity contribution in [3.63, 3.8) is 0 Å². The van der Waals surface area contributed by atoms with Crippen LogP contribution in [-0.2, 0) is 9.53 Å². The molecule has 2 aromatic carbocycles. The molecule has 0 saturated heterocycles. The van der Waals surface area contributed by atoms with Crippen LogP contribution in [0.2, 0.25) is 0 Å². The van der Waals surface area contributed by atoms with Crippen molar-refractivity contribution in [1.29, 1.82) is 0 Å². The third kappa shape index (κ3) is 5.00. The molecule has 1 atom stereocenters. The van der Waals surface area contributed by atoms with Crippen LogP contribution in [0.1, 0.15) is 45.7 Å². The zero-order chi connectivity index (χ0) is 22.6. The number of aryl methyl sites for hydroxylation is 1. The van der Waals surface area contributed by atoms with Crippen molar-refractivity contribution in [3.05, 3.63) is 64.2 Å². The summed E-state index contributed by atoms with van der Waals surface area (Å²) in [4.78, 5) is 37.2. The number of esters is 1. The molecule has 2 rings (SSSR count). The van der Waals surface area contributed by atoms with Gasteiger partial charge in [0.2, 0.25) is 5.91 Å². The number of ether oxygens (including phenoxy) is 1. The Morgan fingerprint density at radius 2 is 1.63 bits per heavy atom. The minimum atomic E-state index is -1.07. The van der Waals surface area contributed by atoms with E-state index in [9.17, 15) is 23.2 Å². The molecule has 0 aliphatic heterocycles. The quantitative estimate of drug-likeness (QED) is 0.700.